The Labute approximate surface area is 153 Å². The molecule has 0 bridgehead atoms. The van der Waals surface area contributed by atoms with Crippen molar-refractivity contribution in [3.05, 3.63) is 60.9 Å². The fraction of sp³-hybridized carbons (Fsp3) is 0.0667. The van der Waals surface area contributed by atoms with Gasteiger partial charge < -0.3 is 5.11 Å². The molecule has 1 amide bonds. The maximum absolute atomic E-state index is 11.8. The highest BCUT2D eigenvalue weighted by Crippen LogP contribution is 2.38. The van der Waals surface area contributed by atoms with Gasteiger partial charge in [0.25, 0.3) is 0 Å². The Balaban J connectivity index is 2.04. The summed E-state index contributed by atoms with van der Waals surface area (Å²) in [5, 5.41) is 13.8. The third-order valence-corrected chi connectivity index (χ3v) is 4.84. The molecule has 0 radical (unpaired) electrons. The summed E-state index contributed by atoms with van der Waals surface area (Å²) in [5.74, 6) is -0.142. The molecule has 22 heavy (non-hydrogen) atoms. The summed E-state index contributed by atoms with van der Waals surface area (Å²) in [6.07, 6.45) is 1.72. The summed E-state index contributed by atoms with van der Waals surface area (Å²) in [4.78, 5) is 11.8. The number of amides is 1. The monoisotopic (exact) mass is 488 g/mol. The van der Waals surface area contributed by atoms with Crippen molar-refractivity contribution in [2.45, 2.75) is 6.42 Å². The van der Waals surface area contributed by atoms with E-state index in [-0.39, 0.29) is 18.1 Å². The zero-order chi connectivity index (χ0) is 16.1. The summed E-state index contributed by atoms with van der Waals surface area (Å²) in [6, 6.07) is 11.1. The number of hydrogen-bond donors (Lipinski definition) is 2. The van der Waals surface area contributed by atoms with Gasteiger partial charge >= 0.3 is 0 Å². The maximum Gasteiger partial charge on any atom is 0.244 e. The van der Waals surface area contributed by atoms with Crippen molar-refractivity contribution in [1.82, 2.24) is 5.43 Å². The summed E-state index contributed by atoms with van der Waals surface area (Å²) in [7, 11) is 0. The molecular weight excluding hydrogens is 480 g/mol. The molecule has 0 heterocycles. The quantitative estimate of drug-likeness (QED) is 0.494. The standard InChI is InChI=1S/C15H11Br3N2O2/c16-11-7-12(17)15(22)14(18)10(11)8-19-20-13(21)6-9-4-2-1-3-5-9/h1-5,7-8,22H,6H2,(H,20,21)/b19-8-. The molecule has 4 nitrogen and oxygen atoms in total. The van der Waals surface area contributed by atoms with Gasteiger partial charge in [0.05, 0.1) is 21.6 Å². The van der Waals surface area contributed by atoms with Crippen LogP contribution in [0.5, 0.6) is 5.75 Å². The van der Waals surface area contributed by atoms with Gasteiger partial charge in [-0.3, -0.25) is 4.79 Å². The Kier molecular flexibility index (Phi) is 6.16. The fourth-order valence-electron chi connectivity index (χ4n) is 1.70. The normalized spacial score (nSPS) is 10.9. The number of phenols is 1. The minimum Gasteiger partial charge on any atom is -0.506 e. The molecule has 0 aromatic heterocycles. The molecule has 2 rings (SSSR count). The van der Waals surface area contributed by atoms with Gasteiger partial charge in [-0.05, 0) is 43.5 Å². The van der Waals surface area contributed by atoms with Crippen LogP contribution < -0.4 is 5.43 Å². The molecular formula is C15H11Br3N2O2. The van der Waals surface area contributed by atoms with E-state index < -0.39 is 0 Å². The number of benzene rings is 2. The van der Waals surface area contributed by atoms with E-state index in [0.717, 1.165) is 10.0 Å². The second-order valence-electron chi connectivity index (χ2n) is 4.37. The molecule has 2 aromatic carbocycles. The lowest BCUT2D eigenvalue weighted by atomic mass is 10.1. The van der Waals surface area contributed by atoms with Crippen LogP contribution in [0.15, 0.2) is 54.9 Å². The number of carbonyl (C=O) groups excluding carboxylic acids is 1. The molecule has 7 heteroatoms. The molecule has 2 N–H and O–H groups in total. The number of halogens is 3. The SMILES string of the molecule is O=C(Cc1ccccc1)N/N=C\c1c(Br)cc(Br)c(O)c1Br. The molecule has 0 saturated heterocycles. The first kappa shape index (κ1) is 17.2. The minimum absolute atomic E-state index is 0.0697. The number of rotatable bonds is 4. The number of nitrogens with one attached hydrogen (secondary N) is 1. The van der Waals surface area contributed by atoms with E-state index in [1.807, 2.05) is 30.3 Å². The third kappa shape index (κ3) is 4.41. The number of hydrogen-bond acceptors (Lipinski definition) is 3. The largest absolute Gasteiger partial charge is 0.506 e. The van der Waals surface area contributed by atoms with Crippen molar-refractivity contribution >= 4 is 59.9 Å². The van der Waals surface area contributed by atoms with Gasteiger partial charge in [-0.2, -0.15) is 5.10 Å². The minimum atomic E-state index is -0.212. The predicted molar refractivity (Wildman–Crippen MR) is 97.1 cm³/mol. The second kappa shape index (κ2) is 7.89. The number of hydrazone groups is 1. The zero-order valence-electron chi connectivity index (χ0n) is 11.2. The van der Waals surface area contributed by atoms with E-state index in [9.17, 15) is 9.90 Å². The lowest BCUT2D eigenvalue weighted by Gasteiger charge is -2.06. The van der Waals surface area contributed by atoms with E-state index in [2.05, 4.69) is 58.3 Å². The maximum atomic E-state index is 11.8. The van der Waals surface area contributed by atoms with E-state index >= 15 is 0 Å². The van der Waals surface area contributed by atoms with Gasteiger partial charge in [-0.15, -0.1) is 0 Å². The van der Waals surface area contributed by atoms with Crippen molar-refractivity contribution in [2.24, 2.45) is 5.10 Å². The van der Waals surface area contributed by atoms with Gasteiger partial charge in [0.15, 0.2) is 0 Å². The summed E-state index contributed by atoms with van der Waals surface area (Å²) < 4.78 is 1.76. The topological polar surface area (TPSA) is 61.7 Å². The van der Waals surface area contributed by atoms with Gasteiger partial charge in [0, 0.05) is 10.0 Å². The Morgan fingerprint density at radius 2 is 1.86 bits per heavy atom. The summed E-state index contributed by atoms with van der Waals surface area (Å²) in [6.45, 7) is 0. The van der Waals surface area contributed by atoms with Crippen molar-refractivity contribution in [1.29, 1.82) is 0 Å². The molecule has 2 aromatic rings. The molecule has 0 aliphatic heterocycles. The molecule has 0 atom stereocenters. The van der Waals surface area contributed by atoms with E-state index in [4.69, 9.17) is 0 Å². The first-order chi connectivity index (χ1) is 10.5. The van der Waals surface area contributed by atoms with Crippen molar-refractivity contribution in [2.75, 3.05) is 0 Å². The number of nitrogens with zero attached hydrogens (tertiary/aromatic N) is 1. The molecule has 0 spiro atoms. The molecule has 0 saturated carbocycles. The van der Waals surface area contributed by atoms with Gasteiger partial charge in [0.2, 0.25) is 5.91 Å². The average molecular weight is 491 g/mol. The molecule has 0 fully saturated rings. The highest BCUT2D eigenvalue weighted by atomic mass is 79.9. The molecule has 0 aliphatic rings. The van der Waals surface area contributed by atoms with Crippen LogP contribution in [0.3, 0.4) is 0 Å². The number of aromatic hydroxyl groups is 1. The van der Waals surface area contributed by atoms with Crippen LogP contribution in [0.1, 0.15) is 11.1 Å². The number of carbonyl (C=O) groups is 1. The van der Waals surface area contributed by atoms with Crippen LogP contribution in [0, 0.1) is 0 Å². The lowest BCUT2D eigenvalue weighted by molar-refractivity contribution is -0.120. The van der Waals surface area contributed by atoms with Crippen LogP contribution in [0.25, 0.3) is 0 Å². The second-order valence-corrected chi connectivity index (χ2v) is 6.87. The summed E-state index contributed by atoms with van der Waals surface area (Å²) in [5.41, 5.74) is 4.00. The number of phenolic OH excluding ortho intramolecular Hbond substituents is 1. The van der Waals surface area contributed by atoms with Crippen LogP contribution in [0.4, 0.5) is 0 Å². The van der Waals surface area contributed by atoms with Crippen LogP contribution in [0.2, 0.25) is 0 Å². The van der Waals surface area contributed by atoms with Crippen LogP contribution >= 0.6 is 47.8 Å². The first-order valence-corrected chi connectivity index (χ1v) is 8.59. The smallest absolute Gasteiger partial charge is 0.244 e. The Hall–Kier alpha value is -1.18. The van der Waals surface area contributed by atoms with Crippen molar-refractivity contribution < 1.29 is 9.90 Å². The Morgan fingerprint density at radius 1 is 1.18 bits per heavy atom. The first-order valence-electron chi connectivity index (χ1n) is 6.21. The van der Waals surface area contributed by atoms with Crippen LogP contribution in [-0.4, -0.2) is 17.2 Å². The lowest BCUT2D eigenvalue weighted by Crippen LogP contribution is -2.19. The third-order valence-electron chi connectivity index (χ3n) is 2.77. The molecule has 114 valence electrons. The van der Waals surface area contributed by atoms with Crippen molar-refractivity contribution in [3.63, 3.8) is 0 Å². The van der Waals surface area contributed by atoms with E-state index in [0.29, 0.717) is 14.5 Å². The highest BCUT2D eigenvalue weighted by Gasteiger charge is 2.12. The zero-order valence-corrected chi connectivity index (χ0v) is 15.9. The Bertz CT molecular complexity index is 718. The van der Waals surface area contributed by atoms with E-state index in [1.165, 1.54) is 6.21 Å². The van der Waals surface area contributed by atoms with Crippen molar-refractivity contribution in [3.8, 4) is 5.75 Å². The van der Waals surface area contributed by atoms with Crippen LogP contribution in [-0.2, 0) is 11.2 Å². The molecule has 0 unspecified atom stereocenters. The Morgan fingerprint density at radius 3 is 2.55 bits per heavy atom. The van der Waals surface area contributed by atoms with Gasteiger partial charge in [-0.1, -0.05) is 46.3 Å². The highest BCUT2D eigenvalue weighted by molar-refractivity contribution is 9.11. The average Bonchev–Trinajstić information content (AvgIpc) is 2.49. The van der Waals surface area contributed by atoms with Gasteiger partial charge in [0.1, 0.15) is 5.75 Å². The summed E-state index contributed by atoms with van der Waals surface area (Å²) >= 11 is 9.90. The van der Waals surface area contributed by atoms with Gasteiger partial charge in [-0.25, -0.2) is 5.43 Å². The predicted octanol–water partition coefficient (Wildman–Crippen LogP) is 4.37. The molecule has 0 aliphatic carbocycles. The fourth-order valence-corrected chi connectivity index (χ4v) is 4.03. The van der Waals surface area contributed by atoms with E-state index in [1.54, 1.807) is 6.07 Å².